The smallest absolute Gasteiger partial charge is 0.407 e. The predicted molar refractivity (Wildman–Crippen MR) is 99.1 cm³/mol. The molecule has 0 bridgehead atoms. The number of alkyl carbamates (subject to hydrolysis) is 1. The van der Waals surface area contributed by atoms with Gasteiger partial charge in [-0.05, 0) is 28.2 Å². The maximum Gasteiger partial charge on any atom is 0.407 e. The molecule has 2 atom stereocenters. The van der Waals surface area contributed by atoms with Gasteiger partial charge in [-0.15, -0.1) is 0 Å². The third kappa shape index (κ3) is 3.43. The minimum absolute atomic E-state index is 0.0416. The average molecular weight is 353 g/mol. The van der Waals surface area contributed by atoms with E-state index in [1.807, 2.05) is 43.3 Å². The van der Waals surface area contributed by atoms with Crippen LogP contribution in [0.2, 0.25) is 0 Å². The van der Waals surface area contributed by atoms with E-state index in [4.69, 9.17) is 4.74 Å². The lowest BCUT2D eigenvalue weighted by Gasteiger charge is -2.21. The molecule has 0 heterocycles. The van der Waals surface area contributed by atoms with Gasteiger partial charge in [-0.3, -0.25) is 0 Å². The molecule has 1 amide bonds. The number of carboxylic acids is 1. The second-order valence-corrected chi connectivity index (χ2v) is 6.67. The van der Waals surface area contributed by atoms with Crippen molar-refractivity contribution in [1.82, 2.24) is 5.32 Å². The van der Waals surface area contributed by atoms with E-state index in [2.05, 4.69) is 17.4 Å². The van der Waals surface area contributed by atoms with Crippen LogP contribution in [0, 0.1) is 5.92 Å². The number of rotatable bonds is 6. The fraction of sp³-hybridized carbons (Fsp3) is 0.333. The number of nitrogens with one attached hydrogen (secondary N) is 1. The molecule has 0 saturated carbocycles. The Balaban J connectivity index is 1.72. The van der Waals surface area contributed by atoms with Gasteiger partial charge in [0.2, 0.25) is 0 Å². The second kappa shape index (κ2) is 7.60. The molecule has 0 saturated heterocycles. The summed E-state index contributed by atoms with van der Waals surface area (Å²) in [7, 11) is 0. The van der Waals surface area contributed by atoms with E-state index in [0.717, 1.165) is 22.3 Å². The number of carbonyl (C=O) groups excluding carboxylic acids is 1. The highest BCUT2D eigenvalue weighted by Crippen LogP contribution is 2.44. The van der Waals surface area contributed by atoms with Crippen molar-refractivity contribution in [3.63, 3.8) is 0 Å². The molecular weight excluding hydrogens is 330 g/mol. The van der Waals surface area contributed by atoms with Gasteiger partial charge >= 0.3 is 12.1 Å². The Morgan fingerprint density at radius 2 is 1.62 bits per heavy atom. The number of benzene rings is 2. The average Bonchev–Trinajstić information content (AvgIpc) is 2.97. The highest BCUT2D eigenvalue weighted by molar-refractivity contribution is 5.81. The first-order valence-electron chi connectivity index (χ1n) is 8.87. The van der Waals surface area contributed by atoms with Crippen LogP contribution in [0.1, 0.15) is 37.3 Å². The van der Waals surface area contributed by atoms with Gasteiger partial charge in [-0.2, -0.15) is 0 Å². The zero-order valence-electron chi connectivity index (χ0n) is 14.9. The lowest BCUT2D eigenvalue weighted by Crippen LogP contribution is -2.45. The van der Waals surface area contributed by atoms with Crippen LogP contribution in [0.5, 0.6) is 0 Å². The molecule has 2 aromatic carbocycles. The Labute approximate surface area is 153 Å². The fourth-order valence-electron chi connectivity index (χ4n) is 3.45. The molecule has 1 aliphatic carbocycles. The van der Waals surface area contributed by atoms with Crippen LogP contribution >= 0.6 is 0 Å². The number of carboxylic acid groups (broad SMARTS) is 1. The van der Waals surface area contributed by atoms with E-state index < -0.39 is 18.1 Å². The summed E-state index contributed by atoms with van der Waals surface area (Å²) in [6.07, 6.45) is -0.0415. The van der Waals surface area contributed by atoms with Gasteiger partial charge in [-0.1, -0.05) is 68.8 Å². The number of aliphatic carboxylic acids is 1. The van der Waals surface area contributed by atoms with Crippen LogP contribution in [-0.4, -0.2) is 29.8 Å². The molecule has 2 N–H and O–H groups in total. The van der Waals surface area contributed by atoms with Crippen molar-refractivity contribution in [2.75, 3.05) is 6.61 Å². The molecular formula is C21H23NO4. The van der Waals surface area contributed by atoms with Crippen LogP contribution in [0.4, 0.5) is 4.79 Å². The molecule has 0 aliphatic heterocycles. The van der Waals surface area contributed by atoms with E-state index in [9.17, 15) is 14.7 Å². The minimum Gasteiger partial charge on any atom is -0.480 e. The first kappa shape index (κ1) is 18.0. The van der Waals surface area contributed by atoms with Crippen LogP contribution in [-0.2, 0) is 9.53 Å². The predicted octanol–water partition coefficient (Wildman–Crippen LogP) is 4.02. The summed E-state index contributed by atoms with van der Waals surface area (Å²) >= 11 is 0. The zero-order chi connectivity index (χ0) is 18.7. The fourth-order valence-corrected chi connectivity index (χ4v) is 3.45. The van der Waals surface area contributed by atoms with Crippen LogP contribution < -0.4 is 5.32 Å². The number of hydrogen-bond acceptors (Lipinski definition) is 3. The number of amides is 1. The van der Waals surface area contributed by atoms with E-state index in [-0.39, 0.29) is 18.4 Å². The normalized spacial score (nSPS) is 14.8. The molecule has 2 aromatic rings. The summed E-state index contributed by atoms with van der Waals surface area (Å²) in [5.41, 5.74) is 4.55. The lowest BCUT2D eigenvalue weighted by atomic mass is 9.98. The number of ether oxygens (including phenoxy) is 1. The van der Waals surface area contributed by atoms with Gasteiger partial charge in [0.25, 0.3) is 0 Å². The van der Waals surface area contributed by atoms with Crippen molar-refractivity contribution in [3.8, 4) is 11.1 Å². The van der Waals surface area contributed by atoms with Crippen molar-refractivity contribution in [2.24, 2.45) is 5.92 Å². The Hall–Kier alpha value is -2.82. The lowest BCUT2D eigenvalue weighted by molar-refractivity contribution is -0.140. The van der Waals surface area contributed by atoms with Crippen molar-refractivity contribution < 1.29 is 19.4 Å². The van der Waals surface area contributed by atoms with E-state index in [1.54, 1.807) is 6.92 Å². The van der Waals surface area contributed by atoms with Crippen molar-refractivity contribution in [1.29, 1.82) is 0 Å². The summed E-state index contributed by atoms with van der Waals surface area (Å²) < 4.78 is 5.40. The quantitative estimate of drug-likeness (QED) is 0.822. The summed E-state index contributed by atoms with van der Waals surface area (Å²) in [6.45, 7) is 3.86. The summed E-state index contributed by atoms with van der Waals surface area (Å²) in [5, 5.41) is 11.8. The van der Waals surface area contributed by atoms with Crippen molar-refractivity contribution in [3.05, 3.63) is 59.7 Å². The Kier molecular flexibility index (Phi) is 5.26. The highest BCUT2D eigenvalue weighted by Gasteiger charge is 2.30. The third-order valence-electron chi connectivity index (χ3n) is 5.10. The van der Waals surface area contributed by atoms with Crippen molar-refractivity contribution >= 4 is 12.1 Å². The first-order chi connectivity index (χ1) is 12.5. The van der Waals surface area contributed by atoms with Crippen LogP contribution in [0.15, 0.2) is 48.5 Å². The van der Waals surface area contributed by atoms with Gasteiger partial charge in [0, 0.05) is 5.92 Å². The van der Waals surface area contributed by atoms with Gasteiger partial charge in [0.15, 0.2) is 0 Å². The third-order valence-corrected chi connectivity index (χ3v) is 5.10. The monoisotopic (exact) mass is 353 g/mol. The van der Waals surface area contributed by atoms with Gasteiger partial charge in [0.05, 0.1) is 0 Å². The Morgan fingerprint density at radius 3 is 2.12 bits per heavy atom. The molecule has 0 spiro atoms. The molecule has 26 heavy (non-hydrogen) atoms. The molecule has 136 valence electrons. The van der Waals surface area contributed by atoms with E-state index >= 15 is 0 Å². The minimum atomic E-state index is -1.05. The molecule has 5 heteroatoms. The Morgan fingerprint density at radius 1 is 1.08 bits per heavy atom. The Bertz CT molecular complexity index is 772. The van der Waals surface area contributed by atoms with Gasteiger partial charge < -0.3 is 15.2 Å². The van der Waals surface area contributed by atoms with Gasteiger partial charge in [-0.25, -0.2) is 9.59 Å². The number of fused-ring (bicyclic) bond motifs is 3. The topological polar surface area (TPSA) is 75.6 Å². The standard InChI is InChI=1S/C21H23NO4/c1-3-13(2)19(20(23)24)22-21(25)26-12-18-16-10-6-4-8-14(16)15-9-5-7-11-17(15)18/h4-11,13,18-19H,3,12H2,1-2H3,(H,22,25)(H,23,24)/t13-,19+/m1/s1. The van der Waals surface area contributed by atoms with Crippen molar-refractivity contribution in [2.45, 2.75) is 32.2 Å². The number of carbonyl (C=O) groups is 2. The molecule has 0 unspecified atom stereocenters. The number of hydrogen-bond donors (Lipinski definition) is 2. The first-order valence-corrected chi connectivity index (χ1v) is 8.87. The van der Waals surface area contributed by atoms with Crippen LogP contribution in [0.25, 0.3) is 11.1 Å². The van der Waals surface area contributed by atoms with Crippen LogP contribution in [0.3, 0.4) is 0 Å². The SMILES string of the molecule is CC[C@@H](C)[C@H](NC(=O)OCC1c2ccccc2-c2ccccc21)C(=O)O. The molecule has 3 rings (SSSR count). The zero-order valence-corrected chi connectivity index (χ0v) is 14.9. The molecule has 0 fully saturated rings. The summed E-state index contributed by atoms with van der Waals surface area (Å²) in [5.74, 6) is -1.26. The molecule has 0 aromatic heterocycles. The van der Waals surface area contributed by atoms with Gasteiger partial charge in [0.1, 0.15) is 12.6 Å². The highest BCUT2D eigenvalue weighted by atomic mass is 16.5. The molecule has 1 aliphatic rings. The maximum atomic E-state index is 12.2. The van der Waals surface area contributed by atoms with E-state index in [0.29, 0.717) is 6.42 Å². The largest absolute Gasteiger partial charge is 0.480 e. The second-order valence-electron chi connectivity index (χ2n) is 6.67. The summed E-state index contributed by atoms with van der Waals surface area (Å²) in [4.78, 5) is 23.5. The molecule has 5 nitrogen and oxygen atoms in total. The summed E-state index contributed by atoms with van der Waals surface area (Å²) in [6, 6.07) is 15.2. The maximum absolute atomic E-state index is 12.2. The van der Waals surface area contributed by atoms with E-state index in [1.165, 1.54) is 0 Å². The molecule has 0 radical (unpaired) electrons.